The fourth-order valence-electron chi connectivity index (χ4n) is 4.97. The molecule has 0 saturated heterocycles. The summed E-state index contributed by atoms with van der Waals surface area (Å²) in [6, 6.07) is 7.19. The SMILES string of the molecule is CCCCCCCCCCCCC.CCCC[P+](CCCC)(CCCC)CCCC.O=S(=O)([O-])c1ccccc1. The van der Waals surface area contributed by atoms with E-state index in [1.54, 1.807) is 30.7 Å². The van der Waals surface area contributed by atoms with Crippen molar-refractivity contribution >= 4 is 17.4 Å². The Morgan fingerprint density at radius 2 is 0.750 bits per heavy atom. The van der Waals surface area contributed by atoms with Gasteiger partial charge < -0.3 is 4.55 Å². The predicted molar refractivity (Wildman–Crippen MR) is 183 cm³/mol. The molecule has 0 amide bonds. The lowest BCUT2D eigenvalue weighted by Crippen LogP contribution is -2.12. The zero-order chi connectivity index (χ0) is 30.4. The van der Waals surface area contributed by atoms with Crippen LogP contribution in [-0.4, -0.2) is 37.6 Å². The van der Waals surface area contributed by atoms with E-state index < -0.39 is 17.4 Å². The molecule has 0 fully saturated rings. The minimum Gasteiger partial charge on any atom is -0.744 e. The van der Waals surface area contributed by atoms with Crippen LogP contribution in [0.15, 0.2) is 35.2 Å². The standard InChI is InChI=1S/C16H36P.C13H28.C6H6O3S/c1-5-9-13-17(14-10-6-2,15-11-7-3)16-12-8-4;1-3-5-7-9-11-13-12-10-8-6-4-2;7-10(8,9)6-4-2-1-3-5-6/h5-16H2,1-4H3;3-13H2,1-2H3;1-5H,(H,7,8,9)/q+1;;/p-1. The molecule has 0 aliphatic heterocycles. The van der Waals surface area contributed by atoms with Gasteiger partial charge in [0.2, 0.25) is 0 Å². The molecule has 3 nitrogen and oxygen atoms in total. The van der Waals surface area contributed by atoms with Crippen LogP contribution in [0.1, 0.15) is 164 Å². The van der Waals surface area contributed by atoms with Gasteiger partial charge in [-0.15, -0.1) is 0 Å². The number of benzene rings is 1. The maximum atomic E-state index is 10.3. The molecule has 0 saturated carbocycles. The summed E-state index contributed by atoms with van der Waals surface area (Å²) < 4.78 is 30.8. The molecule has 0 atom stereocenters. The van der Waals surface area contributed by atoms with Crippen LogP contribution >= 0.6 is 7.26 Å². The van der Waals surface area contributed by atoms with Gasteiger partial charge in [0, 0.05) is 7.26 Å². The van der Waals surface area contributed by atoms with Gasteiger partial charge in [0.1, 0.15) is 10.1 Å². The third-order valence-corrected chi connectivity index (χ3v) is 13.6. The molecule has 0 bridgehead atoms. The lowest BCUT2D eigenvalue weighted by atomic mass is 10.1. The molecule has 0 aromatic heterocycles. The molecule has 40 heavy (non-hydrogen) atoms. The maximum absolute atomic E-state index is 10.3. The van der Waals surface area contributed by atoms with Gasteiger partial charge in [-0.05, 0) is 37.8 Å². The summed E-state index contributed by atoms with van der Waals surface area (Å²) in [7, 11) is -4.82. The lowest BCUT2D eigenvalue weighted by molar-refractivity contribution is 0.463. The van der Waals surface area contributed by atoms with Crippen LogP contribution in [0.4, 0.5) is 0 Å². The van der Waals surface area contributed by atoms with Gasteiger partial charge in [0.15, 0.2) is 0 Å². The van der Waals surface area contributed by atoms with Crippen LogP contribution in [0.5, 0.6) is 0 Å². The molecule has 0 unspecified atom stereocenters. The Balaban J connectivity index is 0. The van der Waals surface area contributed by atoms with Crippen LogP contribution in [-0.2, 0) is 10.1 Å². The highest BCUT2D eigenvalue weighted by Crippen LogP contribution is 2.61. The number of rotatable bonds is 23. The van der Waals surface area contributed by atoms with Gasteiger partial charge in [-0.3, -0.25) is 0 Å². The Morgan fingerprint density at radius 1 is 0.475 bits per heavy atom. The molecule has 1 aromatic rings. The molecular weight excluding hydrogens is 531 g/mol. The highest BCUT2D eigenvalue weighted by molar-refractivity contribution is 7.85. The van der Waals surface area contributed by atoms with Gasteiger partial charge in [-0.25, -0.2) is 8.42 Å². The summed E-state index contributed by atoms with van der Waals surface area (Å²) in [5.74, 6) is 0. The highest BCUT2D eigenvalue weighted by atomic mass is 32.2. The fraction of sp³-hybridized carbons (Fsp3) is 0.829. The highest BCUT2D eigenvalue weighted by Gasteiger charge is 2.34. The Kier molecular flexibility index (Phi) is 31.3. The van der Waals surface area contributed by atoms with Gasteiger partial charge in [-0.1, -0.05) is 156 Å². The Morgan fingerprint density at radius 3 is 0.975 bits per heavy atom. The first-order valence-corrected chi connectivity index (χ1v) is 21.1. The quantitative estimate of drug-likeness (QED) is 0.0713. The average Bonchev–Trinajstić information content (AvgIpc) is 2.96. The van der Waals surface area contributed by atoms with E-state index in [0.29, 0.717) is 0 Å². The largest absolute Gasteiger partial charge is 0.744 e. The van der Waals surface area contributed by atoms with E-state index in [0.717, 1.165) is 0 Å². The topological polar surface area (TPSA) is 57.2 Å². The minimum absolute atomic E-state index is 0.185. The van der Waals surface area contributed by atoms with Crippen LogP contribution < -0.4 is 0 Å². The van der Waals surface area contributed by atoms with Gasteiger partial charge in [0.05, 0.1) is 29.5 Å². The van der Waals surface area contributed by atoms with Crippen molar-refractivity contribution in [3.05, 3.63) is 30.3 Å². The predicted octanol–water partition coefficient (Wildman–Crippen LogP) is 12.1. The Bertz CT molecular complexity index is 674. The van der Waals surface area contributed by atoms with Crippen molar-refractivity contribution in [1.29, 1.82) is 0 Å². The van der Waals surface area contributed by atoms with E-state index in [2.05, 4.69) is 41.5 Å². The van der Waals surface area contributed by atoms with Gasteiger partial charge in [-0.2, -0.15) is 0 Å². The summed E-state index contributed by atoms with van der Waals surface area (Å²) in [6.07, 6.45) is 33.9. The molecule has 5 heteroatoms. The van der Waals surface area contributed by atoms with Gasteiger partial charge >= 0.3 is 0 Å². The maximum Gasteiger partial charge on any atom is 0.124 e. The summed E-state index contributed by atoms with van der Waals surface area (Å²) in [4.78, 5) is -0.185. The van der Waals surface area contributed by atoms with E-state index in [1.165, 1.54) is 146 Å². The Labute approximate surface area is 253 Å². The average molecular weight is 601 g/mol. The molecule has 1 aromatic carbocycles. The van der Waals surface area contributed by atoms with Crippen molar-refractivity contribution in [1.82, 2.24) is 0 Å². The molecular formula is C35H69O3PS. The molecule has 238 valence electrons. The molecule has 0 radical (unpaired) electrons. The molecule has 0 spiro atoms. The summed E-state index contributed by atoms with van der Waals surface area (Å²) in [5.41, 5.74) is 0. The van der Waals surface area contributed by atoms with Crippen LogP contribution in [0.3, 0.4) is 0 Å². The van der Waals surface area contributed by atoms with Gasteiger partial charge in [0.25, 0.3) is 0 Å². The Hall–Kier alpha value is -0.440. The second kappa shape index (κ2) is 30.0. The lowest BCUT2D eigenvalue weighted by Gasteiger charge is -2.28. The van der Waals surface area contributed by atoms with Crippen molar-refractivity contribution in [3.63, 3.8) is 0 Å². The summed E-state index contributed by atoms with van der Waals surface area (Å²) >= 11 is 0. The van der Waals surface area contributed by atoms with Crippen LogP contribution in [0.25, 0.3) is 0 Å². The first-order chi connectivity index (χ1) is 19.3. The first kappa shape index (κ1) is 41.7. The monoisotopic (exact) mass is 600 g/mol. The van der Waals surface area contributed by atoms with Crippen molar-refractivity contribution in [3.8, 4) is 0 Å². The number of unbranched alkanes of at least 4 members (excludes halogenated alkanes) is 14. The second-order valence-corrected chi connectivity index (χ2v) is 17.5. The number of hydrogen-bond donors (Lipinski definition) is 0. The molecule has 0 aliphatic rings. The third-order valence-electron chi connectivity index (χ3n) is 7.68. The second-order valence-electron chi connectivity index (χ2n) is 11.6. The van der Waals surface area contributed by atoms with Crippen LogP contribution in [0.2, 0.25) is 0 Å². The van der Waals surface area contributed by atoms with E-state index >= 15 is 0 Å². The van der Waals surface area contributed by atoms with Crippen molar-refractivity contribution in [2.45, 2.75) is 168 Å². The smallest absolute Gasteiger partial charge is 0.124 e. The summed E-state index contributed by atoms with van der Waals surface area (Å²) in [6.45, 7) is 14.0. The first-order valence-electron chi connectivity index (χ1n) is 17.1. The van der Waals surface area contributed by atoms with Crippen molar-refractivity contribution in [2.75, 3.05) is 24.6 Å². The molecule has 0 aliphatic carbocycles. The van der Waals surface area contributed by atoms with E-state index in [-0.39, 0.29) is 4.90 Å². The molecule has 0 N–H and O–H groups in total. The van der Waals surface area contributed by atoms with E-state index in [4.69, 9.17) is 0 Å². The van der Waals surface area contributed by atoms with E-state index in [9.17, 15) is 13.0 Å². The molecule has 1 rings (SSSR count). The summed E-state index contributed by atoms with van der Waals surface area (Å²) in [5, 5.41) is 0. The zero-order valence-corrected chi connectivity index (χ0v) is 29.4. The normalized spacial score (nSPS) is 11.4. The fourth-order valence-corrected chi connectivity index (χ4v) is 10.7. The third kappa shape index (κ3) is 26.5. The van der Waals surface area contributed by atoms with Crippen LogP contribution in [0, 0.1) is 0 Å². The van der Waals surface area contributed by atoms with E-state index in [1.807, 2.05) is 0 Å². The molecule has 0 heterocycles. The number of hydrogen-bond acceptors (Lipinski definition) is 3. The van der Waals surface area contributed by atoms with Crippen molar-refractivity contribution < 1.29 is 13.0 Å². The zero-order valence-electron chi connectivity index (χ0n) is 27.7. The van der Waals surface area contributed by atoms with Crippen molar-refractivity contribution in [2.24, 2.45) is 0 Å². The minimum atomic E-state index is -4.25.